The van der Waals surface area contributed by atoms with E-state index in [1.165, 1.54) is 14.3 Å². The van der Waals surface area contributed by atoms with Gasteiger partial charge in [0, 0.05) is 0 Å². The summed E-state index contributed by atoms with van der Waals surface area (Å²) in [5, 5.41) is 4.21. The fourth-order valence-corrected chi connectivity index (χ4v) is 10.1. The Morgan fingerprint density at radius 1 is 0.950 bits per heavy atom. The normalized spacial score (nSPS) is 14.3. The van der Waals surface area contributed by atoms with Crippen molar-refractivity contribution < 1.29 is 29.8 Å². The number of hydrogen-bond acceptors (Lipinski definition) is 0. The van der Waals surface area contributed by atoms with Gasteiger partial charge in [0.25, 0.3) is 0 Å². The molecule has 0 spiro atoms. The van der Waals surface area contributed by atoms with Gasteiger partial charge in [0.05, 0.1) is 0 Å². The van der Waals surface area contributed by atoms with Gasteiger partial charge in [-0.3, -0.25) is 0 Å². The van der Waals surface area contributed by atoms with E-state index in [-0.39, 0.29) is 0 Å². The molecule has 96 valence electrons. The molecule has 1 aliphatic rings. The summed E-state index contributed by atoms with van der Waals surface area (Å²) in [4.78, 5) is 0. The SMILES string of the molecule is [N-]=[NH+]N1CC[C]([Hg][c]2ccccc2)=C1c1ccccc1. The molecule has 3 rings (SSSR count). The first-order valence-corrected chi connectivity index (χ1v) is 12.4. The van der Waals surface area contributed by atoms with Gasteiger partial charge in [-0.2, -0.15) is 0 Å². The zero-order chi connectivity index (χ0) is 13.8. The third-order valence-corrected chi connectivity index (χ3v) is 11.4. The van der Waals surface area contributed by atoms with Crippen molar-refractivity contribution in [3.05, 3.63) is 74.8 Å². The fourth-order valence-electron chi connectivity index (χ4n) is 2.74. The Bertz CT molecular complexity index is 623. The molecule has 2 aromatic carbocycles. The third kappa shape index (κ3) is 2.82. The molecule has 1 heterocycles. The molecular formula is C16H15HgN3. The molecule has 0 saturated carbocycles. The van der Waals surface area contributed by atoms with Crippen LogP contribution >= 0.6 is 0 Å². The predicted octanol–water partition coefficient (Wildman–Crippen LogP) is 1.49. The molecule has 1 aliphatic heterocycles. The second-order valence-corrected chi connectivity index (χ2v) is 12.8. The summed E-state index contributed by atoms with van der Waals surface area (Å²) in [6.07, 6.45) is 1.06. The van der Waals surface area contributed by atoms with Crippen LogP contribution < -0.4 is 8.30 Å². The Morgan fingerprint density at radius 2 is 1.60 bits per heavy atom. The van der Waals surface area contributed by atoms with Crippen LogP contribution in [0.1, 0.15) is 12.0 Å². The number of rotatable bonds is 4. The van der Waals surface area contributed by atoms with Crippen molar-refractivity contribution in [1.29, 1.82) is 0 Å². The third-order valence-electron chi connectivity index (χ3n) is 3.67. The van der Waals surface area contributed by atoms with Gasteiger partial charge in [-0.25, -0.2) is 0 Å². The van der Waals surface area contributed by atoms with Crippen molar-refractivity contribution in [2.45, 2.75) is 6.42 Å². The molecule has 0 bridgehead atoms. The first kappa shape index (κ1) is 13.5. The molecule has 0 aromatic heterocycles. The maximum atomic E-state index is 9.35. The molecular weight excluding hydrogens is 435 g/mol. The van der Waals surface area contributed by atoms with Crippen LogP contribution in [0.3, 0.4) is 0 Å². The van der Waals surface area contributed by atoms with Gasteiger partial charge in [-0.05, 0) is 0 Å². The fraction of sp³-hybridized carbons (Fsp3) is 0.125. The summed E-state index contributed by atoms with van der Waals surface area (Å²) < 4.78 is 3.10. The van der Waals surface area contributed by atoms with Gasteiger partial charge in [0.2, 0.25) is 0 Å². The van der Waals surface area contributed by atoms with Gasteiger partial charge in [-0.15, -0.1) is 0 Å². The van der Waals surface area contributed by atoms with E-state index in [4.69, 9.17) is 0 Å². The summed E-state index contributed by atoms with van der Waals surface area (Å²) in [7, 11) is 0. The van der Waals surface area contributed by atoms with Crippen LogP contribution in [0, 0.1) is 0 Å². The standard InChI is InChI=1S/C10H10N3.C6H5.Hg/c11-12-13-8-4-7-10(13)9-5-2-1-3-6-9;1-2-4-6-5-3-1;/h1-3,5-6,12H,4,8H2;1-5H;. The molecule has 4 heteroatoms. The van der Waals surface area contributed by atoms with Crippen LogP contribution in [0.2, 0.25) is 0 Å². The van der Waals surface area contributed by atoms with E-state index in [1.807, 2.05) is 23.2 Å². The first-order chi connectivity index (χ1) is 9.88. The second kappa shape index (κ2) is 6.31. The van der Waals surface area contributed by atoms with Gasteiger partial charge in [0.15, 0.2) is 0 Å². The van der Waals surface area contributed by atoms with Crippen molar-refractivity contribution in [3.8, 4) is 0 Å². The van der Waals surface area contributed by atoms with Gasteiger partial charge >= 0.3 is 131 Å². The summed E-state index contributed by atoms with van der Waals surface area (Å²) in [6, 6.07) is 21.1. The number of nitrogens with one attached hydrogen (secondary N) is 1. The molecule has 0 amide bonds. The molecule has 0 radical (unpaired) electrons. The van der Waals surface area contributed by atoms with Crippen LogP contribution in [0.4, 0.5) is 0 Å². The van der Waals surface area contributed by atoms with Crippen molar-refractivity contribution in [1.82, 2.24) is 5.01 Å². The van der Waals surface area contributed by atoms with E-state index >= 15 is 0 Å². The minimum absolute atomic E-state index is 0.850. The van der Waals surface area contributed by atoms with Gasteiger partial charge in [-0.1, -0.05) is 0 Å². The second-order valence-electron chi connectivity index (χ2n) is 4.98. The van der Waals surface area contributed by atoms with Crippen LogP contribution in [0.15, 0.2) is 63.7 Å². The molecule has 0 saturated heterocycles. The summed E-state index contributed by atoms with van der Waals surface area (Å²) in [5.74, 6) is 0. The Balaban J connectivity index is 1.98. The van der Waals surface area contributed by atoms with E-state index in [2.05, 4.69) is 47.7 Å². The maximum absolute atomic E-state index is 9.35. The van der Waals surface area contributed by atoms with Crippen molar-refractivity contribution in [2.75, 3.05) is 6.54 Å². The summed E-state index contributed by atoms with van der Waals surface area (Å²) in [6.45, 7) is 0.850. The molecule has 0 atom stereocenters. The zero-order valence-corrected chi connectivity index (χ0v) is 16.8. The summed E-state index contributed by atoms with van der Waals surface area (Å²) in [5.41, 5.74) is 11.7. The summed E-state index contributed by atoms with van der Waals surface area (Å²) >= 11 is -1.32. The Labute approximate surface area is 131 Å². The van der Waals surface area contributed by atoms with Gasteiger partial charge < -0.3 is 0 Å². The molecule has 0 unspecified atom stereocenters. The minimum atomic E-state index is -1.32. The topological polar surface area (TPSA) is 39.5 Å². The van der Waals surface area contributed by atoms with E-state index < -0.39 is 24.6 Å². The van der Waals surface area contributed by atoms with Crippen LogP contribution in [0.25, 0.3) is 11.2 Å². The molecule has 2 aromatic rings. The van der Waals surface area contributed by atoms with E-state index in [1.54, 1.807) is 3.08 Å². The Morgan fingerprint density at radius 3 is 2.25 bits per heavy atom. The van der Waals surface area contributed by atoms with Gasteiger partial charge in [0.1, 0.15) is 0 Å². The predicted molar refractivity (Wildman–Crippen MR) is 75.1 cm³/mol. The van der Waals surface area contributed by atoms with E-state index in [9.17, 15) is 5.53 Å². The number of nitrogens with zero attached hydrogens (tertiary/aromatic N) is 2. The molecule has 0 fully saturated rings. The molecule has 3 nitrogen and oxygen atoms in total. The molecule has 1 N–H and O–H groups in total. The Hall–Kier alpha value is -1.48. The first-order valence-electron chi connectivity index (χ1n) is 6.87. The number of hydrogen-bond donors (Lipinski definition) is 1. The molecule has 20 heavy (non-hydrogen) atoms. The van der Waals surface area contributed by atoms with Crippen LogP contribution in [-0.2, 0) is 24.6 Å². The Kier molecular flexibility index (Phi) is 4.26. The average Bonchev–Trinajstić information content (AvgIpc) is 2.92. The van der Waals surface area contributed by atoms with Crippen molar-refractivity contribution in [3.63, 3.8) is 0 Å². The van der Waals surface area contributed by atoms with Crippen molar-refractivity contribution >= 4 is 8.77 Å². The van der Waals surface area contributed by atoms with Crippen molar-refractivity contribution in [2.24, 2.45) is 0 Å². The monoisotopic (exact) mass is 451 g/mol. The zero-order valence-electron chi connectivity index (χ0n) is 11.3. The quantitative estimate of drug-likeness (QED) is 0.557. The van der Waals surface area contributed by atoms with Crippen LogP contribution in [0.5, 0.6) is 0 Å². The number of benzene rings is 2. The average molecular weight is 450 g/mol. The van der Waals surface area contributed by atoms with E-state index in [0.29, 0.717) is 0 Å². The van der Waals surface area contributed by atoms with Crippen LogP contribution in [-0.4, -0.2) is 11.6 Å². The molecule has 0 aliphatic carbocycles. The number of hydrazine groups is 1. The van der Waals surface area contributed by atoms with E-state index in [0.717, 1.165) is 13.0 Å².